The van der Waals surface area contributed by atoms with E-state index < -0.39 is 0 Å². The summed E-state index contributed by atoms with van der Waals surface area (Å²) in [6, 6.07) is 47.1. The number of rotatable bonds is 2. The van der Waals surface area contributed by atoms with Crippen molar-refractivity contribution >= 4 is 56.1 Å². The van der Waals surface area contributed by atoms with Crippen molar-refractivity contribution in [3.63, 3.8) is 0 Å². The summed E-state index contributed by atoms with van der Waals surface area (Å²) in [6.45, 7) is 14.0. The highest BCUT2D eigenvalue weighted by Gasteiger charge is 2.41. The minimum atomic E-state index is -0.240. The van der Waals surface area contributed by atoms with E-state index >= 15 is 0 Å². The predicted octanol–water partition coefficient (Wildman–Crippen LogP) is 12.4. The second kappa shape index (κ2) is 10.5. The van der Waals surface area contributed by atoms with Crippen LogP contribution in [0.25, 0.3) is 27.6 Å². The zero-order chi connectivity index (χ0) is 36.7. The number of hydrogen-bond donors (Lipinski definition) is 0. The SMILES string of the molecule is CC1(C)c2ccccc2N(c2cccc(N3c4ccccc4C(C)(C)c4cccnc43)c2)c2cc3c(cc21)c1cccc2c1n3-c1ncccc1C2(C)C. The van der Waals surface area contributed by atoms with E-state index in [1.807, 2.05) is 12.4 Å². The zero-order valence-electron chi connectivity index (χ0n) is 31.5. The maximum absolute atomic E-state index is 5.06. The predicted molar refractivity (Wildman–Crippen MR) is 222 cm³/mol. The molecule has 0 aliphatic carbocycles. The number of para-hydroxylation sites is 3. The molecule has 5 nitrogen and oxygen atoms in total. The molecule has 0 atom stereocenters. The van der Waals surface area contributed by atoms with E-state index in [0.29, 0.717) is 0 Å². The third-order valence-electron chi connectivity index (χ3n) is 12.8. The molecule has 262 valence electrons. The minimum absolute atomic E-state index is 0.176. The molecule has 3 aliphatic heterocycles. The molecule has 0 unspecified atom stereocenters. The standard InChI is InChI=1S/C49H41N5/c1-47(2)35-19-8-10-24-41(35)53(45-37(47)21-13-25-50-45)31-16-11-15-30(27-31)52-40-23-9-7-18-34(40)48(3,4)39-28-33-32-17-12-20-36-44(32)54(42(33)29-43(39)52)46-38(49(36,5)6)22-14-26-51-46/h7-29H,1-6H3. The highest BCUT2D eigenvalue weighted by atomic mass is 15.2. The molecule has 54 heavy (non-hydrogen) atoms. The Morgan fingerprint density at radius 3 is 1.67 bits per heavy atom. The summed E-state index contributed by atoms with van der Waals surface area (Å²) >= 11 is 0. The van der Waals surface area contributed by atoms with Crippen LogP contribution >= 0.6 is 0 Å². The van der Waals surface area contributed by atoms with Gasteiger partial charge in [0.05, 0.1) is 28.1 Å². The highest BCUT2D eigenvalue weighted by molar-refractivity contribution is 6.13. The minimum Gasteiger partial charge on any atom is -0.310 e. The summed E-state index contributed by atoms with van der Waals surface area (Å²) in [5.41, 5.74) is 15.3. The molecule has 0 bridgehead atoms. The van der Waals surface area contributed by atoms with Crippen LogP contribution in [0.2, 0.25) is 0 Å². The van der Waals surface area contributed by atoms with E-state index in [2.05, 4.69) is 183 Å². The highest BCUT2D eigenvalue weighted by Crippen LogP contribution is 2.56. The first-order chi connectivity index (χ1) is 26.1. The van der Waals surface area contributed by atoms with Gasteiger partial charge in [0.15, 0.2) is 0 Å². The van der Waals surface area contributed by atoms with Gasteiger partial charge in [-0.25, -0.2) is 9.97 Å². The first kappa shape index (κ1) is 31.3. The van der Waals surface area contributed by atoms with E-state index in [-0.39, 0.29) is 16.2 Å². The molecule has 6 heterocycles. The molecular weight excluding hydrogens is 659 g/mol. The molecule has 3 aromatic heterocycles. The monoisotopic (exact) mass is 699 g/mol. The van der Waals surface area contributed by atoms with Crippen molar-refractivity contribution < 1.29 is 0 Å². The second-order valence-electron chi connectivity index (χ2n) is 16.8. The number of hydrogen-bond acceptors (Lipinski definition) is 4. The van der Waals surface area contributed by atoms with Crippen LogP contribution in [0, 0.1) is 0 Å². The van der Waals surface area contributed by atoms with Crippen molar-refractivity contribution in [1.29, 1.82) is 0 Å². The second-order valence-corrected chi connectivity index (χ2v) is 16.8. The number of fused-ring (bicyclic) bond motifs is 9. The van der Waals surface area contributed by atoms with Gasteiger partial charge in [-0.05, 0) is 76.9 Å². The smallest absolute Gasteiger partial charge is 0.141 e. The van der Waals surface area contributed by atoms with Gasteiger partial charge in [0, 0.05) is 61.9 Å². The molecule has 0 N–H and O–H groups in total. The summed E-state index contributed by atoms with van der Waals surface area (Å²) in [5, 5.41) is 2.53. The number of aromatic nitrogens is 3. The lowest BCUT2D eigenvalue weighted by Gasteiger charge is -2.43. The lowest BCUT2D eigenvalue weighted by atomic mass is 9.73. The van der Waals surface area contributed by atoms with Gasteiger partial charge < -0.3 is 4.90 Å². The van der Waals surface area contributed by atoms with Gasteiger partial charge in [-0.3, -0.25) is 9.47 Å². The van der Waals surface area contributed by atoms with Gasteiger partial charge in [0.25, 0.3) is 0 Å². The van der Waals surface area contributed by atoms with E-state index in [4.69, 9.17) is 9.97 Å². The molecule has 0 saturated carbocycles. The molecule has 0 saturated heterocycles. The van der Waals surface area contributed by atoms with Crippen molar-refractivity contribution in [2.45, 2.75) is 57.8 Å². The van der Waals surface area contributed by atoms with Crippen molar-refractivity contribution in [3.8, 4) is 5.82 Å². The molecule has 5 aromatic carbocycles. The van der Waals surface area contributed by atoms with Crippen LogP contribution < -0.4 is 9.80 Å². The zero-order valence-corrected chi connectivity index (χ0v) is 31.5. The molecule has 0 amide bonds. The molecule has 0 spiro atoms. The molecule has 11 rings (SSSR count). The first-order valence-electron chi connectivity index (χ1n) is 19.0. The molecule has 0 radical (unpaired) electrons. The van der Waals surface area contributed by atoms with Crippen LogP contribution in [0.3, 0.4) is 0 Å². The fraction of sp³-hybridized carbons (Fsp3) is 0.184. The Bertz CT molecular complexity index is 2840. The van der Waals surface area contributed by atoms with Crippen molar-refractivity contribution in [2.24, 2.45) is 0 Å². The van der Waals surface area contributed by atoms with Crippen LogP contribution in [0.15, 0.2) is 140 Å². The number of nitrogens with zero attached hydrogens (tertiary/aromatic N) is 5. The lowest BCUT2D eigenvalue weighted by Crippen LogP contribution is -2.32. The maximum Gasteiger partial charge on any atom is 0.141 e. The summed E-state index contributed by atoms with van der Waals surface area (Å²) in [5.74, 6) is 1.99. The summed E-state index contributed by atoms with van der Waals surface area (Å²) in [6.07, 6.45) is 3.85. The quantitative estimate of drug-likeness (QED) is 0.180. The topological polar surface area (TPSA) is 37.2 Å². The van der Waals surface area contributed by atoms with E-state index in [1.165, 1.54) is 66.6 Å². The Hall–Kier alpha value is -6.20. The molecule has 5 heteroatoms. The Labute approximate surface area is 316 Å². The number of anilines is 6. The summed E-state index contributed by atoms with van der Waals surface area (Å²) in [7, 11) is 0. The summed E-state index contributed by atoms with van der Waals surface area (Å²) in [4.78, 5) is 14.9. The van der Waals surface area contributed by atoms with Crippen LogP contribution in [0.4, 0.5) is 34.3 Å². The lowest BCUT2D eigenvalue weighted by molar-refractivity contribution is 0.624. The third-order valence-corrected chi connectivity index (χ3v) is 12.8. The Morgan fingerprint density at radius 2 is 0.944 bits per heavy atom. The van der Waals surface area contributed by atoms with E-state index in [0.717, 1.165) is 28.7 Å². The Morgan fingerprint density at radius 1 is 0.407 bits per heavy atom. The average Bonchev–Trinajstić information content (AvgIpc) is 3.51. The normalized spacial score (nSPS) is 16.7. The Kier molecular flexibility index (Phi) is 6.08. The van der Waals surface area contributed by atoms with E-state index in [9.17, 15) is 0 Å². The number of benzene rings is 5. The third kappa shape index (κ3) is 3.89. The largest absolute Gasteiger partial charge is 0.310 e. The maximum atomic E-state index is 5.06. The number of pyridine rings is 2. The van der Waals surface area contributed by atoms with Crippen molar-refractivity contribution in [1.82, 2.24) is 14.5 Å². The molecule has 0 fully saturated rings. The van der Waals surface area contributed by atoms with Gasteiger partial charge in [-0.15, -0.1) is 0 Å². The molecular formula is C49H41N5. The van der Waals surface area contributed by atoms with Gasteiger partial charge in [0.1, 0.15) is 11.6 Å². The first-order valence-corrected chi connectivity index (χ1v) is 19.0. The molecule has 8 aromatic rings. The fourth-order valence-corrected chi connectivity index (χ4v) is 10.0. The van der Waals surface area contributed by atoms with Gasteiger partial charge in [-0.1, -0.05) is 114 Å². The van der Waals surface area contributed by atoms with Crippen LogP contribution in [0.5, 0.6) is 0 Å². The Balaban J connectivity index is 1.19. The van der Waals surface area contributed by atoms with E-state index in [1.54, 1.807) is 0 Å². The van der Waals surface area contributed by atoms with Crippen LogP contribution in [0.1, 0.15) is 74.9 Å². The molecule has 3 aliphatic rings. The summed E-state index contributed by atoms with van der Waals surface area (Å²) < 4.78 is 2.43. The van der Waals surface area contributed by atoms with Gasteiger partial charge in [-0.2, -0.15) is 0 Å². The average molecular weight is 700 g/mol. The fourth-order valence-electron chi connectivity index (χ4n) is 10.0. The van der Waals surface area contributed by atoms with Crippen LogP contribution in [-0.2, 0) is 16.2 Å². The van der Waals surface area contributed by atoms with Gasteiger partial charge >= 0.3 is 0 Å². The van der Waals surface area contributed by atoms with Crippen LogP contribution in [-0.4, -0.2) is 14.5 Å². The van der Waals surface area contributed by atoms with Crippen molar-refractivity contribution in [2.75, 3.05) is 9.80 Å². The van der Waals surface area contributed by atoms with Crippen molar-refractivity contribution in [3.05, 3.63) is 173 Å². The van der Waals surface area contributed by atoms with Gasteiger partial charge in [0.2, 0.25) is 0 Å².